The highest BCUT2D eigenvalue weighted by Crippen LogP contribution is 2.34. The van der Waals surface area contributed by atoms with Crippen LogP contribution in [0.3, 0.4) is 0 Å². The number of hydrogen-bond donors (Lipinski definition) is 0. The lowest BCUT2D eigenvalue weighted by Crippen LogP contribution is -2.05. The molecular weight excluding hydrogens is 352 g/mol. The molecule has 0 aromatic heterocycles. The summed E-state index contributed by atoms with van der Waals surface area (Å²) >= 11 is 0. The van der Waals surface area contributed by atoms with Gasteiger partial charge in [-0.05, 0) is 71.7 Å². The highest BCUT2D eigenvalue weighted by atomic mass is 16.5. The van der Waals surface area contributed by atoms with Gasteiger partial charge in [0.1, 0.15) is 5.75 Å². The van der Waals surface area contributed by atoms with Crippen LogP contribution in [-0.4, -0.2) is 6.61 Å². The van der Waals surface area contributed by atoms with E-state index in [9.17, 15) is 0 Å². The summed E-state index contributed by atoms with van der Waals surface area (Å²) in [6.07, 6.45) is 18.3. The van der Waals surface area contributed by atoms with Crippen LogP contribution in [0.15, 0.2) is 42.5 Å². The van der Waals surface area contributed by atoms with Gasteiger partial charge < -0.3 is 4.74 Å². The summed E-state index contributed by atoms with van der Waals surface area (Å²) in [7, 11) is 0. The maximum Gasteiger partial charge on any atom is 0.119 e. The van der Waals surface area contributed by atoms with Crippen molar-refractivity contribution in [2.45, 2.75) is 90.9 Å². The van der Waals surface area contributed by atoms with Crippen molar-refractivity contribution in [3.63, 3.8) is 0 Å². The van der Waals surface area contributed by atoms with Crippen molar-refractivity contribution >= 4 is 16.3 Å². The molecule has 0 saturated heterocycles. The Kier molecular flexibility index (Phi) is 9.12. The van der Waals surface area contributed by atoms with Crippen molar-refractivity contribution in [2.24, 2.45) is 5.92 Å². The molecule has 1 nitrogen and oxygen atoms in total. The molecule has 1 aliphatic carbocycles. The molecule has 0 fully saturated rings. The van der Waals surface area contributed by atoms with Gasteiger partial charge >= 0.3 is 0 Å². The Morgan fingerprint density at radius 1 is 0.828 bits per heavy atom. The molecule has 0 amide bonds. The Bertz CT molecular complexity index is 773. The molecule has 1 heteroatoms. The molecule has 0 heterocycles. The van der Waals surface area contributed by atoms with E-state index in [2.05, 4.69) is 56.3 Å². The standard InChI is InChI=1S/C28H40O/c1-3-5-7-8-10-20-29-28-19-18-26-21-25(16-17-27(26)22-28)24-14-12-23(13-15-24)11-9-6-4-2/h14,16-19,21-23H,3-13,15,20H2,1-2H3. The van der Waals surface area contributed by atoms with Crippen LogP contribution in [0.1, 0.15) is 96.5 Å². The molecule has 0 saturated carbocycles. The average Bonchev–Trinajstić information content (AvgIpc) is 2.76. The zero-order valence-corrected chi connectivity index (χ0v) is 18.7. The lowest BCUT2D eigenvalue weighted by molar-refractivity contribution is 0.305. The van der Waals surface area contributed by atoms with Crippen LogP contribution in [0, 0.1) is 5.92 Å². The predicted molar refractivity (Wildman–Crippen MR) is 128 cm³/mol. The highest BCUT2D eigenvalue weighted by molar-refractivity contribution is 5.87. The van der Waals surface area contributed by atoms with Crippen LogP contribution < -0.4 is 4.74 Å². The number of hydrogen-bond acceptors (Lipinski definition) is 1. The number of rotatable bonds is 12. The van der Waals surface area contributed by atoms with E-state index in [1.807, 2.05) is 0 Å². The Labute approximate surface area is 178 Å². The van der Waals surface area contributed by atoms with Crippen LogP contribution in [-0.2, 0) is 0 Å². The molecule has 0 aliphatic heterocycles. The molecular formula is C28H40O. The molecule has 0 spiro atoms. The normalized spacial score (nSPS) is 16.8. The van der Waals surface area contributed by atoms with Crippen LogP contribution in [0.25, 0.3) is 16.3 Å². The first kappa shape index (κ1) is 21.9. The SMILES string of the molecule is CCCCCCCOc1ccc2cc(C3=CCC(CCCCC)CC3)ccc2c1. The van der Waals surface area contributed by atoms with E-state index in [1.54, 1.807) is 5.57 Å². The second kappa shape index (κ2) is 12.1. The molecule has 29 heavy (non-hydrogen) atoms. The fraction of sp³-hybridized carbons (Fsp3) is 0.571. The van der Waals surface area contributed by atoms with Gasteiger partial charge in [-0.3, -0.25) is 0 Å². The summed E-state index contributed by atoms with van der Waals surface area (Å²) in [6, 6.07) is 13.5. The Morgan fingerprint density at radius 2 is 1.59 bits per heavy atom. The topological polar surface area (TPSA) is 9.23 Å². The summed E-state index contributed by atoms with van der Waals surface area (Å²) in [5, 5.41) is 2.61. The van der Waals surface area contributed by atoms with E-state index < -0.39 is 0 Å². The van der Waals surface area contributed by atoms with E-state index in [1.165, 1.54) is 87.0 Å². The maximum atomic E-state index is 5.98. The molecule has 2 aromatic rings. The molecule has 1 aliphatic rings. The second-order valence-corrected chi connectivity index (χ2v) is 8.85. The van der Waals surface area contributed by atoms with Crippen molar-refractivity contribution in [1.29, 1.82) is 0 Å². The number of allylic oxidation sites excluding steroid dienone is 2. The van der Waals surface area contributed by atoms with E-state index >= 15 is 0 Å². The second-order valence-electron chi connectivity index (χ2n) is 8.85. The molecule has 1 atom stereocenters. The zero-order chi connectivity index (χ0) is 20.3. The summed E-state index contributed by atoms with van der Waals surface area (Å²) in [4.78, 5) is 0. The van der Waals surface area contributed by atoms with Crippen LogP contribution in [0.4, 0.5) is 0 Å². The number of unbranched alkanes of at least 4 members (excludes halogenated alkanes) is 6. The third kappa shape index (κ3) is 6.91. The minimum Gasteiger partial charge on any atom is -0.494 e. The van der Waals surface area contributed by atoms with Crippen LogP contribution >= 0.6 is 0 Å². The van der Waals surface area contributed by atoms with E-state index in [0.29, 0.717) is 0 Å². The summed E-state index contributed by atoms with van der Waals surface area (Å²) in [5.41, 5.74) is 2.96. The lowest BCUT2D eigenvalue weighted by Gasteiger charge is -2.22. The molecule has 2 aromatic carbocycles. The van der Waals surface area contributed by atoms with Crippen LogP contribution in [0.5, 0.6) is 5.75 Å². The molecule has 3 rings (SSSR count). The molecule has 158 valence electrons. The monoisotopic (exact) mass is 392 g/mol. The van der Waals surface area contributed by atoms with Crippen molar-refractivity contribution in [2.75, 3.05) is 6.61 Å². The van der Waals surface area contributed by atoms with Gasteiger partial charge in [0.05, 0.1) is 6.61 Å². The first-order chi connectivity index (χ1) is 14.3. The molecule has 0 bridgehead atoms. The average molecular weight is 393 g/mol. The zero-order valence-electron chi connectivity index (χ0n) is 18.7. The number of benzene rings is 2. The maximum absolute atomic E-state index is 5.98. The van der Waals surface area contributed by atoms with Gasteiger partial charge in [0.2, 0.25) is 0 Å². The minimum atomic E-state index is 0.833. The van der Waals surface area contributed by atoms with E-state index in [4.69, 9.17) is 4.74 Å². The van der Waals surface area contributed by atoms with Gasteiger partial charge in [-0.1, -0.05) is 89.5 Å². The van der Waals surface area contributed by atoms with Gasteiger partial charge in [-0.2, -0.15) is 0 Å². The first-order valence-electron chi connectivity index (χ1n) is 12.2. The Hall–Kier alpha value is -1.76. The third-order valence-electron chi connectivity index (χ3n) is 6.43. The minimum absolute atomic E-state index is 0.833. The summed E-state index contributed by atoms with van der Waals surface area (Å²) in [5.74, 6) is 1.92. The van der Waals surface area contributed by atoms with Gasteiger partial charge in [0.15, 0.2) is 0 Å². The van der Waals surface area contributed by atoms with Gasteiger partial charge in [-0.25, -0.2) is 0 Å². The summed E-state index contributed by atoms with van der Waals surface area (Å²) in [6.45, 7) is 5.38. The quantitative estimate of drug-likeness (QED) is 0.327. The van der Waals surface area contributed by atoms with Gasteiger partial charge in [0, 0.05) is 0 Å². The summed E-state index contributed by atoms with van der Waals surface area (Å²) < 4.78 is 5.98. The highest BCUT2D eigenvalue weighted by Gasteiger charge is 2.15. The first-order valence-corrected chi connectivity index (χ1v) is 12.2. The largest absolute Gasteiger partial charge is 0.494 e. The van der Waals surface area contributed by atoms with Gasteiger partial charge in [0.25, 0.3) is 0 Å². The Morgan fingerprint density at radius 3 is 2.38 bits per heavy atom. The fourth-order valence-corrected chi connectivity index (χ4v) is 4.50. The molecule has 0 N–H and O–H groups in total. The van der Waals surface area contributed by atoms with Crippen molar-refractivity contribution in [3.8, 4) is 5.75 Å². The van der Waals surface area contributed by atoms with Crippen molar-refractivity contribution < 1.29 is 4.74 Å². The fourth-order valence-electron chi connectivity index (χ4n) is 4.50. The molecule has 1 unspecified atom stereocenters. The van der Waals surface area contributed by atoms with Crippen molar-refractivity contribution in [1.82, 2.24) is 0 Å². The van der Waals surface area contributed by atoms with Crippen LogP contribution in [0.2, 0.25) is 0 Å². The number of fused-ring (bicyclic) bond motifs is 1. The van der Waals surface area contributed by atoms with Crippen molar-refractivity contribution in [3.05, 3.63) is 48.0 Å². The number of ether oxygens (including phenoxy) is 1. The van der Waals surface area contributed by atoms with Gasteiger partial charge in [-0.15, -0.1) is 0 Å². The smallest absolute Gasteiger partial charge is 0.119 e. The van der Waals surface area contributed by atoms with E-state index in [-0.39, 0.29) is 0 Å². The Balaban J connectivity index is 1.54. The van der Waals surface area contributed by atoms with E-state index in [0.717, 1.165) is 24.7 Å². The lowest BCUT2D eigenvalue weighted by atomic mass is 9.83. The molecule has 0 radical (unpaired) electrons. The predicted octanol–water partition coefficient (Wildman–Crippen LogP) is 8.95. The third-order valence-corrected chi connectivity index (χ3v) is 6.43.